The minimum absolute atomic E-state index is 0.123. The zero-order valence-corrected chi connectivity index (χ0v) is 11.9. The Morgan fingerprint density at radius 2 is 1.78 bits per heavy atom. The van der Waals surface area contributed by atoms with Gasteiger partial charge < -0.3 is 10.1 Å². The normalized spacial score (nSPS) is 9.56. The van der Waals surface area contributed by atoms with Crippen molar-refractivity contribution in [3.63, 3.8) is 0 Å². The fraction of sp³-hybridized carbons (Fsp3) is 0.571. The van der Waals surface area contributed by atoms with Gasteiger partial charge >= 0.3 is 5.97 Å². The van der Waals surface area contributed by atoms with Crippen molar-refractivity contribution in [3.05, 3.63) is 25.3 Å². The minimum Gasteiger partial charge on any atom is -0.463 e. The summed E-state index contributed by atoms with van der Waals surface area (Å²) in [6, 6.07) is 0. The Kier molecular flexibility index (Phi) is 11.0. The van der Waals surface area contributed by atoms with E-state index < -0.39 is 0 Å². The molecule has 0 aromatic carbocycles. The second kappa shape index (κ2) is 10.6. The number of amides is 1. The van der Waals surface area contributed by atoms with E-state index in [1.807, 2.05) is 27.7 Å². The molecule has 0 aliphatic heterocycles. The third kappa shape index (κ3) is 16.8. The molecule has 0 aromatic rings. The van der Waals surface area contributed by atoms with E-state index >= 15 is 0 Å². The second-order valence-electron chi connectivity index (χ2n) is 4.67. The third-order valence-electron chi connectivity index (χ3n) is 1.59. The number of rotatable bonds is 5. The van der Waals surface area contributed by atoms with Crippen molar-refractivity contribution in [1.29, 1.82) is 0 Å². The van der Waals surface area contributed by atoms with Gasteiger partial charge in [0.1, 0.15) is 0 Å². The Balaban J connectivity index is 0. The highest BCUT2D eigenvalue weighted by atomic mass is 16.5. The van der Waals surface area contributed by atoms with Gasteiger partial charge in [0.2, 0.25) is 5.91 Å². The first-order chi connectivity index (χ1) is 8.26. The number of nitrogens with one attached hydrogen (secondary N) is 1. The van der Waals surface area contributed by atoms with Crippen LogP contribution in [0.4, 0.5) is 0 Å². The van der Waals surface area contributed by atoms with Crippen molar-refractivity contribution in [1.82, 2.24) is 5.32 Å². The molecule has 0 atom stereocenters. The van der Waals surface area contributed by atoms with Gasteiger partial charge in [-0.15, -0.1) is 0 Å². The number of hydrogen-bond acceptors (Lipinski definition) is 3. The monoisotopic (exact) mass is 255 g/mol. The Labute approximate surface area is 110 Å². The van der Waals surface area contributed by atoms with E-state index in [2.05, 4.69) is 23.2 Å². The van der Waals surface area contributed by atoms with E-state index in [4.69, 9.17) is 0 Å². The number of esters is 1. The van der Waals surface area contributed by atoms with E-state index in [9.17, 15) is 9.59 Å². The maximum absolute atomic E-state index is 10.6. The van der Waals surface area contributed by atoms with Crippen LogP contribution in [0.5, 0.6) is 0 Å². The van der Waals surface area contributed by atoms with E-state index in [0.29, 0.717) is 6.61 Å². The highest BCUT2D eigenvalue weighted by Gasteiger charge is 2.10. The highest BCUT2D eigenvalue weighted by Crippen LogP contribution is 1.97. The van der Waals surface area contributed by atoms with E-state index in [1.165, 1.54) is 12.2 Å². The molecular formula is C14H25NO3. The smallest absolute Gasteiger partial charge is 0.330 e. The molecule has 4 nitrogen and oxygen atoms in total. The van der Waals surface area contributed by atoms with Crippen LogP contribution < -0.4 is 5.32 Å². The molecule has 0 spiro atoms. The molecule has 18 heavy (non-hydrogen) atoms. The van der Waals surface area contributed by atoms with E-state index in [1.54, 1.807) is 0 Å². The molecule has 0 rings (SSSR count). The first-order valence-electron chi connectivity index (χ1n) is 6.00. The van der Waals surface area contributed by atoms with Crippen LogP contribution in [0, 0.1) is 0 Å². The van der Waals surface area contributed by atoms with Gasteiger partial charge in [-0.3, -0.25) is 4.79 Å². The highest BCUT2D eigenvalue weighted by molar-refractivity contribution is 5.87. The molecule has 0 fully saturated rings. The van der Waals surface area contributed by atoms with Crippen LogP contribution in [0.1, 0.15) is 40.5 Å². The van der Waals surface area contributed by atoms with Crippen LogP contribution in [-0.4, -0.2) is 24.0 Å². The van der Waals surface area contributed by atoms with Crippen molar-refractivity contribution in [3.8, 4) is 0 Å². The Bertz CT molecular complexity index is 277. The zero-order valence-electron chi connectivity index (χ0n) is 11.9. The summed E-state index contributed by atoms with van der Waals surface area (Å²) in [5.74, 6) is -0.453. The lowest BCUT2D eigenvalue weighted by atomic mass is 10.1. The summed E-state index contributed by atoms with van der Waals surface area (Å²) in [6.45, 7) is 14.9. The first kappa shape index (κ1) is 18.8. The van der Waals surface area contributed by atoms with Crippen LogP contribution >= 0.6 is 0 Å². The lowest BCUT2D eigenvalue weighted by Gasteiger charge is -2.18. The summed E-state index contributed by atoms with van der Waals surface area (Å²) in [7, 11) is 0. The first-order valence-corrected chi connectivity index (χ1v) is 6.00. The fourth-order valence-electron chi connectivity index (χ4n) is 0.797. The summed E-state index contributed by atoms with van der Waals surface area (Å²) in [6.07, 6.45) is 4.42. The SMILES string of the molecule is C=CC(=O)NC(C)(C)C.C=CC(=O)OCCCC. The van der Waals surface area contributed by atoms with Gasteiger partial charge in [-0.05, 0) is 33.3 Å². The molecule has 0 bridgehead atoms. The molecule has 1 amide bonds. The number of unbranched alkanes of at least 4 members (excludes halogenated alkanes) is 1. The predicted molar refractivity (Wildman–Crippen MR) is 74.2 cm³/mol. The molecule has 104 valence electrons. The van der Waals surface area contributed by atoms with Gasteiger partial charge in [-0.25, -0.2) is 4.79 Å². The lowest BCUT2D eigenvalue weighted by Crippen LogP contribution is -2.39. The maximum Gasteiger partial charge on any atom is 0.330 e. The van der Waals surface area contributed by atoms with Gasteiger partial charge in [0.15, 0.2) is 0 Å². The van der Waals surface area contributed by atoms with Crippen LogP contribution in [0.3, 0.4) is 0 Å². The quantitative estimate of drug-likeness (QED) is 0.467. The Morgan fingerprint density at radius 1 is 1.22 bits per heavy atom. The van der Waals surface area contributed by atoms with Crippen molar-refractivity contribution in [2.45, 2.75) is 46.1 Å². The Morgan fingerprint density at radius 3 is 2.06 bits per heavy atom. The molecule has 0 radical (unpaired) electrons. The number of ether oxygens (including phenoxy) is 1. The van der Waals surface area contributed by atoms with Crippen LogP contribution in [0.25, 0.3) is 0 Å². The summed E-state index contributed by atoms with van der Waals surface area (Å²) < 4.78 is 4.67. The number of carbonyl (C=O) groups excluding carboxylic acids is 2. The Hall–Kier alpha value is -1.58. The topological polar surface area (TPSA) is 55.4 Å². The summed E-state index contributed by atoms with van der Waals surface area (Å²) >= 11 is 0. The number of hydrogen-bond donors (Lipinski definition) is 1. The van der Waals surface area contributed by atoms with Crippen molar-refractivity contribution in [2.24, 2.45) is 0 Å². The van der Waals surface area contributed by atoms with Gasteiger partial charge in [0.25, 0.3) is 0 Å². The summed E-state index contributed by atoms with van der Waals surface area (Å²) in [4.78, 5) is 20.9. The van der Waals surface area contributed by atoms with Crippen LogP contribution in [0.2, 0.25) is 0 Å². The molecule has 0 heterocycles. The maximum atomic E-state index is 10.6. The summed E-state index contributed by atoms with van der Waals surface area (Å²) in [5.41, 5.74) is -0.148. The average Bonchev–Trinajstić information content (AvgIpc) is 2.27. The molecule has 4 heteroatoms. The van der Waals surface area contributed by atoms with E-state index in [0.717, 1.165) is 12.8 Å². The van der Waals surface area contributed by atoms with Crippen molar-refractivity contribution < 1.29 is 14.3 Å². The van der Waals surface area contributed by atoms with Gasteiger partial charge in [-0.2, -0.15) is 0 Å². The standard InChI is InChI=1S/C7H13NO.C7H12O2/c1-5-6(9)8-7(2,3)4;1-3-5-6-9-7(8)4-2/h5H,1H2,2-4H3,(H,8,9);4H,2-3,5-6H2,1H3. The third-order valence-corrected chi connectivity index (χ3v) is 1.59. The average molecular weight is 255 g/mol. The van der Waals surface area contributed by atoms with Gasteiger partial charge in [0, 0.05) is 11.6 Å². The predicted octanol–water partition coefficient (Wildman–Crippen LogP) is 2.60. The van der Waals surface area contributed by atoms with Gasteiger partial charge in [0.05, 0.1) is 6.61 Å². The molecule has 0 saturated carbocycles. The second-order valence-corrected chi connectivity index (χ2v) is 4.67. The van der Waals surface area contributed by atoms with E-state index in [-0.39, 0.29) is 17.4 Å². The van der Waals surface area contributed by atoms with Crippen molar-refractivity contribution >= 4 is 11.9 Å². The largest absolute Gasteiger partial charge is 0.463 e. The fourth-order valence-corrected chi connectivity index (χ4v) is 0.797. The lowest BCUT2D eigenvalue weighted by molar-refractivity contribution is -0.137. The number of carbonyl (C=O) groups is 2. The minimum atomic E-state index is -0.330. The van der Waals surface area contributed by atoms with Crippen molar-refractivity contribution in [2.75, 3.05) is 6.61 Å². The molecule has 0 aliphatic rings. The summed E-state index contributed by atoms with van der Waals surface area (Å²) in [5, 5.41) is 2.71. The molecule has 0 saturated heterocycles. The molecule has 1 N–H and O–H groups in total. The molecule has 0 aliphatic carbocycles. The zero-order chi connectivity index (χ0) is 14.6. The molecular weight excluding hydrogens is 230 g/mol. The van der Waals surface area contributed by atoms with Crippen LogP contribution in [0.15, 0.2) is 25.3 Å². The molecule has 0 aromatic heterocycles. The van der Waals surface area contributed by atoms with Crippen LogP contribution in [-0.2, 0) is 14.3 Å². The van der Waals surface area contributed by atoms with Gasteiger partial charge in [-0.1, -0.05) is 26.5 Å². The molecule has 0 unspecified atom stereocenters.